The Balaban J connectivity index is 1.94. The third kappa shape index (κ3) is 6.02. The average molecular weight is 544 g/mol. The number of ether oxygens (including phenoxy) is 1. The van der Waals surface area contributed by atoms with Gasteiger partial charge < -0.3 is 4.74 Å². The summed E-state index contributed by atoms with van der Waals surface area (Å²) in [5, 5.41) is 6.52. The minimum atomic E-state index is -4.72. The van der Waals surface area contributed by atoms with Crippen molar-refractivity contribution in [3.8, 4) is 5.75 Å². The lowest BCUT2D eigenvalue weighted by atomic mass is 9.95. The lowest BCUT2D eigenvalue weighted by molar-refractivity contribution is -0.138. The van der Waals surface area contributed by atoms with Crippen molar-refractivity contribution in [2.24, 2.45) is 0 Å². The maximum absolute atomic E-state index is 14.2. The standard InChI is InChI=1S/C28H28F3N3O3S/c1-2-3-9-17-37-23-12-10-11-22(18-23)34(38(35,36)24-13-5-4-6-14-24)27(21-19-32-33-20-21)25-15-7-8-16-26(25)28(29,30)31/h4-8,10-16,18-20,27H,2-3,9,17H2,1H3,(H,32,33). The van der Waals surface area contributed by atoms with Crippen LogP contribution in [-0.2, 0) is 16.2 Å². The van der Waals surface area contributed by atoms with Gasteiger partial charge in [0.15, 0.2) is 0 Å². The van der Waals surface area contributed by atoms with E-state index in [-0.39, 0.29) is 21.7 Å². The molecule has 1 N–H and O–H groups in total. The summed E-state index contributed by atoms with van der Waals surface area (Å²) >= 11 is 0. The number of unbranched alkanes of at least 4 members (excludes halogenated alkanes) is 2. The van der Waals surface area contributed by atoms with E-state index in [1.807, 2.05) is 0 Å². The van der Waals surface area contributed by atoms with Crippen LogP contribution < -0.4 is 9.04 Å². The molecule has 0 bridgehead atoms. The highest BCUT2D eigenvalue weighted by Crippen LogP contribution is 2.43. The van der Waals surface area contributed by atoms with Gasteiger partial charge in [-0.15, -0.1) is 0 Å². The number of rotatable bonds is 11. The number of aromatic nitrogens is 2. The van der Waals surface area contributed by atoms with Gasteiger partial charge in [-0.25, -0.2) is 8.42 Å². The summed E-state index contributed by atoms with van der Waals surface area (Å²) in [6.45, 7) is 2.51. The molecular weight excluding hydrogens is 515 g/mol. The molecule has 0 saturated carbocycles. The molecule has 38 heavy (non-hydrogen) atoms. The highest BCUT2D eigenvalue weighted by molar-refractivity contribution is 7.92. The summed E-state index contributed by atoms with van der Waals surface area (Å²) < 4.78 is 77.8. The minimum Gasteiger partial charge on any atom is -0.494 e. The third-order valence-corrected chi connectivity index (χ3v) is 7.83. The number of halogens is 3. The van der Waals surface area contributed by atoms with E-state index in [9.17, 15) is 21.6 Å². The number of anilines is 1. The minimum absolute atomic E-state index is 0.0627. The van der Waals surface area contributed by atoms with E-state index in [2.05, 4.69) is 17.1 Å². The molecule has 3 aromatic carbocycles. The highest BCUT2D eigenvalue weighted by Gasteiger charge is 2.41. The van der Waals surface area contributed by atoms with E-state index in [0.29, 0.717) is 12.4 Å². The first-order valence-electron chi connectivity index (χ1n) is 12.2. The lowest BCUT2D eigenvalue weighted by Crippen LogP contribution is -2.36. The van der Waals surface area contributed by atoms with Crippen molar-refractivity contribution in [1.82, 2.24) is 10.2 Å². The van der Waals surface area contributed by atoms with Crippen LogP contribution in [0.2, 0.25) is 0 Å². The molecule has 4 aromatic rings. The van der Waals surface area contributed by atoms with Crippen molar-refractivity contribution < 1.29 is 26.3 Å². The van der Waals surface area contributed by atoms with Gasteiger partial charge in [-0.3, -0.25) is 9.40 Å². The first kappa shape index (κ1) is 27.3. The van der Waals surface area contributed by atoms with E-state index < -0.39 is 27.8 Å². The number of H-pyrrole nitrogens is 1. The van der Waals surface area contributed by atoms with Crippen molar-refractivity contribution >= 4 is 15.7 Å². The van der Waals surface area contributed by atoms with Gasteiger partial charge in [-0.2, -0.15) is 18.3 Å². The van der Waals surface area contributed by atoms with Crippen LogP contribution in [0.3, 0.4) is 0 Å². The Labute approximate surface area is 220 Å². The number of sulfonamides is 1. The smallest absolute Gasteiger partial charge is 0.416 e. The van der Waals surface area contributed by atoms with Crippen molar-refractivity contribution in [2.45, 2.75) is 43.3 Å². The molecular formula is C28H28F3N3O3S. The Morgan fingerprint density at radius 3 is 2.39 bits per heavy atom. The molecule has 0 aliphatic carbocycles. The molecule has 200 valence electrons. The van der Waals surface area contributed by atoms with Crippen molar-refractivity contribution in [3.05, 3.63) is 108 Å². The second kappa shape index (κ2) is 11.7. The van der Waals surface area contributed by atoms with Crippen LogP contribution in [0, 0.1) is 0 Å². The molecule has 10 heteroatoms. The van der Waals surface area contributed by atoms with Crippen LogP contribution in [0.25, 0.3) is 0 Å². The number of nitrogens with zero attached hydrogens (tertiary/aromatic N) is 2. The van der Waals surface area contributed by atoms with E-state index in [1.54, 1.807) is 36.4 Å². The van der Waals surface area contributed by atoms with E-state index in [4.69, 9.17) is 4.74 Å². The predicted octanol–water partition coefficient (Wildman–Crippen LogP) is 6.98. The zero-order valence-corrected chi connectivity index (χ0v) is 21.5. The van der Waals surface area contributed by atoms with Gasteiger partial charge in [0.2, 0.25) is 0 Å². The molecule has 0 aliphatic heterocycles. The second-order valence-corrected chi connectivity index (χ2v) is 10.5. The molecule has 6 nitrogen and oxygen atoms in total. The zero-order chi connectivity index (χ0) is 27.2. The van der Waals surface area contributed by atoms with Gasteiger partial charge in [0.25, 0.3) is 10.0 Å². The monoisotopic (exact) mass is 543 g/mol. The van der Waals surface area contributed by atoms with Crippen LogP contribution in [0.15, 0.2) is 96.2 Å². The van der Waals surface area contributed by atoms with Gasteiger partial charge in [-0.1, -0.05) is 62.2 Å². The summed E-state index contributed by atoms with van der Waals surface area (Å²) in [5.74, 6) is 0.418. The first-order chi connectivity index (χ1) is 18.2. The molecule has 4 rings (SSSR count). The normalized spacial score (nSPS) is 12.7. The molecule has 1 aromatic heterocycles. The first-order valence-corrected chi connectivity index (χ1v) is 13.6. The summed E-state index contributed by atoms with van der Waals surface area (Å²) in [6, 6.07) is 17.6. The molecule has 1 unspecified atom stereocenters. The Morgan fingerprint density at radius 1 is 0.974 bits per heavy atom. The van der Waals surface area contributed by atoms with Crippen LogP contribution in [-0.4, -0.2) is 25.2 Å². The van der Waals surface area contributed by atoms with Gasteiger partial charge in [0.1, 0.15) is 5.75 Å². The topological polar surface area (TPSA) is 75.3 Å². The van der Waals surface area contributed by atoms with Crippen LogP contribution in [0.4, 0.5) is 18.9 Å². The number of aromatic amines is 1. The number of hydrogen-bond donors (Lipinski definition) is 1. The largest absolute Gasteiger partial charge is 0.494 e. The average Bonchev–Trinajstić information content (AvgIpc) is 3.44. The molecule has 0 aliphatic rings. The number of nitrogens with one attached hydrogen (secondary N) is 1. The zero-order valence-electron chi connectivity index (χ0n) is 20.7. The van der Waals surface area contributed by atoms with E-state index in [0.717, 1.165) is 29.6 Å². The summed E-state index contributed by atoms with van der Waals surface area (Å²) in [7, 11) is -4.37. The number of hydrogen-bond acceptors (Lipinski definition) is 4. The highest BCUT2D eigenvalue weighted by atomic mass is 32.2. The molecule has 0 saturated heterocycles. The second-order valence-electron chi connectivity index (χ2n) is 8.69. The van der Waals surface area contributed by atoms with Gasteiger partial charge in [0, 0.05) is 17.8 Å². The Morgan fingerprint density at radius 2 is 1.71 bits per heavy atom. The van der Waals surface area contributed by atoms with Crippen molar-refractivity contribution in [1.29, 1.82) is 0 Å². The molecule has 1 heterocycles. The third-order valence-electron chi connectivity index (χ3n) is 6.02. The molecule has 0 spiro atoms. The summed E-state index contributed by atoms with van der Waals surface area (Å²) in [4.78, 5) is -0.0627. The maximum atomic E-state index is 14.2. The van der Waals surface area contributed by atoms with Gasteiger partial charge in [0.05, 0.1) is 35.0 Å². The molecule has 0 amide bonds. The van der Waals surface area contributed by atoms with Crippen LogP contribution >= 0.6 is 0 Å². The lowest BCUT2D eigenvalue weighted by Gasteiger charge is -2.34. The predicted molar refractivity (Wildman–Crippen MR) is 139 cm³/mol. The summed E-state index contributed by atoms with van der Waals surface area (Å²) in [5.41, 5.74) is -0.762. The maximum Gasteiger partial charge on any atom is 0.416 e. The Bertz CT molecular complexity index is 1430. The summed E-state index contributed by atoms with van der Waals surface area (Å²) in [6.07, 6.45) is 0.823. The molecule has 0 fully saturated rings. The van der Waals surface area contributed by atoms with Crippen LogP contribution in [0.1, 0.15) is 48.9 Å². The number of alkyl halides is 3. The fraction of sp³-hybridized carbons (Fsp3) is 0.250. The van der Waals surface area contributed by atoms with Crippen LogP contribution in [0.5, 0.6) is 5.75 Å². The molecule has 1 atom stereocenters. The Kier molecular flexibility index (Phi) is 8.41. The van der Waals surface area contributed by atoms with Gasteiger partial charge >= 0.3 is 6.18 Å². The number of benzene rings is 3. The SMILES string of the molecule is CCCCCOc1cccc(N(C(c2cn[nH]c2)c2ccccc2C(F)(F)F)S(=O)(=O)c2ccccc2)c1. The van der Waals surface area contributed by atoms with E-state index in [1.165, 1.54) is 48.8 Å². The Hall–Kier alpha value is -3.79. The fourth-order valence-electron chi connectivity index (χ4n) is 4.23. The van der Waals surface area contributed by atoms with Crippen molar-refractivity contribution in [3.63, 3.8) is 0 Å². The molecule has 0 radical (unpaired) electrons. The van der Waals surface area contributed by atoms with E-state index >= 15 is 0 Å². The van der Waals surface area contributed by atoms with Crippen molar-refractivity contribution in [2.75, 3.05) is 10.9 Å². The van der Waals surface area contributed by atoms with Gasteiger partial charge in [-0.05, 0) is 42.3 Å². The fourth-order valence-corrected chi connectivity index (χ4v) is 5.86. The quantitative estimate of drug-likeness (QED) is 0.207.